The van der Waals surface area contributed by atoms with E-state index in [0.717, 1.165) is 4.88 Å². The number of ether oxygens (including phenoxy) is 1. The van der Waals surface area contributed by atoms with E-state index in [1.165, 1.54) is 36.9 Å². The molecule has 3 heteroatoms. The highest BCUT2D eigenvalue weighted by atomic mass is 32.1. The molecule has 0 bridgehead atoms. The van der Waals surface area contributed by atoms with E-state index >= 15 is 0 Å². The summed E-state index contributed by atoms with van der Waals surface area (Å²) in [7, 11) is 1.43. The van der Waals surface area contributed by atoms with Crippen molar-refractivity contribution >= 4 is 17.3 Å². The van der Waals surface area contributed by atoms with Crippen molar-refractivity contribution in [3.63, 3.8) is 0 Å². The van der Waals surface area contributed by atoms with E-state index in [-0.39, 0.29) is 5.97 Å². The molecule has 1 aromatic heterocycles. The second kappa shape index (κ2) is 2.90. The van der Waals surface area contributed by atoms with Gasteiger partial charge in [0.1, 0.15) is 4.88 Å². The third kappa shape index (κ3) is 1.25. The Morgan fingerprint density at radius 2 is 2.42 bits per heavy atom. The van der Waals surface area contributed by atoms with Crippen LogP contribution >= 0.6 is 11.3 Å². The molecule has 1 fully saturated rings. The summed E-state index contributed by atoms with van der Waals surface area (Å²) in [6.45, 7) is 0. The van der Waals surface area contributed by atoms with Crippen LogP contribution in [0.1, 0.15) is 34.0 Å². The van der Waals surface area contributed by atoms with Gasteiger partial charge in [-0.3, -0.25) is 0 Å². The highest BCUT2D eigenvalue weighted by Gasteiger charge is 2.29. The Hall–Kier alpha value is -0.830. The lowest BCUT2D eigenvalue weighted by molar-refractivity contribution is 0.0605. The van der Waals surface area contributed by atoms with Crippen LogP contribution in [0, 0.1) is 0 Å². The maximum atomic E-state index is 11.2. The Bertz CT molecular complexity index is 299. The summed E-state index contributed by atoms with van der Waals surface area (Å²) in [5.41, 5.74) is 1.19. The summed E-state index contributed by atoms with van der Waals surface area (Å²) < 4.78 is 4.68. The molecule has 0 aliphatic heterocycles. The van der Waals surface area contributed by atoms with Crippen LogP contribution in [-0.4, -0.2) is 13.1 Å². The van der Waals surface area contributed by atoms with Gasteiger partial charge in [-0.05, 0) is 35.8 Å². The molecule has 1 aliphatic carbocycles. The number of methoxy groups -OCH3 is 1. The van der Waals surface area contributed by atoms with E-state index in [4.69, 9.17) is 0 Å². The largest absolute Gasteiger partial charge is 0.465 e. The fourth-order valence-electron chi connectivity index (χ4n) is 1.29. The van der Waals surface area contributed by atoms with Crippen molar-refractivity contribution in [3.8, 4) is 0 Å². The quantitative estimate of drug-likeness (QED) is 0.656. The first-order valence-electron chi connectivity index (χ1n) is 3.98. The van der Waals surface area contributed by atoms with E-state index < -0.39 is 0 Å². The third-order valence-electron chi connectivity index (χ3n) is 2.08. The van der Waals surface area contributed by atoms with Crippen molar-refractivity contribution in [1.29, 1.82) is 0 Å². The smallest absolute Gasteiger partial charge is 0.348 e. The SMILES string of the molecule is COC(=O)c1sccc1C1CC1. The predicted octanol–water partition coefficient (Wildman–Crippen LogP) is 2.41. The number of carbonyl (C=O) groups excluding carboxylic acids is 1. The summed E-state index contributed by atoms with van der Waals surface area (Å²) in [4.78, 5) is 12.0. The topological polar surface area (TPSA) is 26.3 Å². The fraction of sp³-hybridized carbons (Fsp3) is 0.444. The maximum absolute atomic E-state index is 11.2. The van der Waals surface area contributed by atoms with E-state index in [2.05, 4.69) is 4.74 Å². The molecule has 0 amide bonds. The van der Waals surface area contributed by atoms with Crippen LogP contribution in [0.2, 0.25) is 0 Å². The minimum Gasteiger partial charge on any atom is -0.465 e. The fourth-order valence-corrected chi connectivity index (χ4v) is 2.19. The second-order valence-corrected chi connectivity index (χ2v) is 3.89. The van der Waals surface area contributed by atoms with Crippen LogP contribution in [0.3, 0.4) is 0 Å². The van der Waals surface area contributed by atoms with Crippen molar-refractivity contribution in [2.75, 3.05) is 7.11 Å². The highest BCUT2D eigenvalue weighted by molar-refractivity contribution is 7.12. The van der Waals surface area contributed by atoms with Crippen LogP contribution in [0.25, 0.3) is 0 Å². The molecule has 12 heavy (non-hydrogen) atoms. The first-order chi connectivity index (χ1) is 5.83. The predicted molar refractivity (Wildman–Crippen MR) is 47.6 cm³/mol. The number of rotatable bonds is 2. The van der Waals surface area contributed by atoms with Gasteiger partial charge in [-0.15, -0.1) is 11.3 Å². The zero-order valence-corrected chi connectivity index (χ0v) is 7.69. The molecular formula is C9H10O2S. The minimum atomic E-state index is -0.188. The van der Waals surface area contributed by atoms with Gasteiger partial charge in [0.15, 0.2) is 0 Å². The Labute approximate surface area is 75.2 Å². The number of thiophene rings is 1. The van der Waals surface area contributed by atoms with Gasteiger partial charge < -0.3 is 4.74 Å². The van der Waals surface area contributed by atoms with E-state index in [1.54, 1.807) is 0 Å². The summed E-state index contributed by atoms with van der Waals surface area (Å²) in [6, 6.07) is 2.04. The zero-order chi connectivity index (χ0) is 8.55. The number of carbonyl (C=O) groups is 1. The van der Waals surface area contributed by atoms with Gasteiger partial charge in [0.05, 0.1) is 7.11 Å². The van der Waals surface area contributed by atoms with Crippen LogP contribution in [0.5, 0.6) is 0 Å². The zero-order valence-electron chi connectivity index (χ0n) is 6.87. The molecule has 2 rings (SSSR count). The van der Waals surface area contributed by atoms with Crippen molar-refractivity contribution in [2.45, 2.75) is 18.8 Å². The van der Waals surface area contributed by atoms with E-state index in [0.29, 0.717) is 5.92 Å². The summed E-state index contributed by atoms with van der Waals surface area (Å²) in [5, 5.41) is 1.96. The molecule has 1 heterocycles. The summed E-state index contributed by atoms with van der Waals surface area (Å²) >= 11 is 1.48. The van der Waals surface area contributed by atoms with Crippen molar-refractivity contribution in [1.82, 2.24) is 0 Å². The minimum absolute atomic E-state index is 0.188. The molecule has 0 N–H and O–H groups in total. The molecule has 0 spiro atoms. The van der Waals surface area contributed by atoms with Crippen molar-refractivity contribution in [2.24, 2.45) is 0 Å². The normalized spacial score (nSPS) is 16.1. The molecule has 2 nitrogen and oxygen atoms in total. The molecule has 64 valence electrons. The van der Waals surface area contributed by atoms with Gasteiger partial charge in [-0.25, -0.2) is 4.79 Å². The lowest BCUT2D eigenvalue weighted by atomic mass is 10.2. The molecule has 0 aromatic carbocycles. The van der Waals surface area contributed by atoms with Gasteiger partial charge in [-0.2, -0.15) is 0 Å². The number of esters is 1. The molecule has 0 atom stereocenters. The van der Waals surface area contributed by atoms with Gasteiger partial charge in [0, 0.05) is 0 Å². The summed E-state index contributed by atoms with van der Waals surface area (Å²) in [6.07, 6.45) is 2.45. The number of hydrogen-bond donors (Lipinski definition) is 0. The molecular weight excluding hydrogens is 172 g/mol. The monoisotopic (exact) mass is 182 g/mol. The van der Waals surface area contributed by atoms with Crippen LogP contribution in [0.4, 0.5) is 0 Å². The van der Waals surface area contributed by atoms with Gasteiger partial charge in [0.25, 0.3) is 0 Å². The Kier molecular flexibility index (Phi) is 1.89. The standard InChI is InChI=1S/C9H10O2S/c1-11-9(10)8-7(4-5-12-8)6-2-3-6/h4-6H,2-3H2,1H3. The lowest BCUT2D eigenvalue weighted by Crippen LogP contribution is -2.00. The van der Waals surface area contributed by atoms with Gasteiger partial charge >= 0.3 is 5.97 Å². The summed E-state index contributed by atoms with van der Waals surface area (Å²) in [5.74, 6) is 0.442. The molecule has 1 aromatic rings. The molecule has 0 radical (unpaired) electrons. The molecule has 1 saturated carbocycles. The van der Waals surface area contributed by atoms with Crippen LogP contribution < -0.4 is 0 Å². The second-order valence-electron chi connectivity index (χ2n) is 2.97. The molecule has 0 saturated heterocycles. The van der Waals surface area contributed by atoms with Gasteiger partial charge in [-0.1, -0.05) is 0 Å². The van der Waals surface area contributed by atoms with E-state index in [9.17, 15) is 4.79 Å². The lowest BCUT2D eigenvalue weighted by Gasteiger charge is -1.98. The Morgan fingerprint density at radius 1 is 1.67 bits per heavy atom. The molecule has 1 aliphatic rings. The van der Waals surface area contributed by atoms with Gasteiger partial charge in [0.2, 0.25) is 0 Å². The first-order valence-corrected chi connectivity index (χ1v) is 4.86. The van der Waals surface area contributed by atoms with Crippen molar-refractivity contribution in [3.05, 3.63) is 21.9 Å². The average Bonchev–Trinajstić information content (AvgIpc) is 2.83. The van der Waals surface area contributed by atoms with E-state index in [1.807, 2.05) is 11.4 Å². The third-order valence-corrected chi connectivity index (χ3v) is 2.99. The maximum Gasteiger partial charge on any atom is 0.348 e. The molecule has 0 unspecified atom stereocenters. The van der Waals surface area contributed by atoms with Crippen LogP contribution in [0.15, 0.2) is 11.4 Å². The Balaban J connectivity index is 2.29. The van der Waals surface area contributed by atoms with Crippen molar-refractivity contribution < 1.29 is 9.53 Å². The Morgan fingerprint density at radius 3 is 3.00 bits per heavy atom. The first kappa shape index (κ1) is 7.80. The number of hydrogen-bond acceptors (Lipinski definition) is 3. The highest BCUT2D eigenvalue weighted by Crippen LogP contribution is 2.43. The van der Waals surface area contributed by atoms with Crippen LogP contribution in [-0.2, 0) is 4.74 Å². The average molecular weight is 182 g/mol.